The first-order valence-corrected chi connectivity index (χ1v) is 8.50. The maximum absolute atomic E-state index is 13.8. The van der Waals surface area contributed by atoms with Crippen LogP contribution in [0.4, 0.5) is 18.8 Å². The van der Waals surface area contributed by atoms with Crippen molar-refractivity contribution in [2.24, 2.45) is 0 Å². The topological polar surface area (TPSA) is 75.7 Å². The first-order valence-electron chi connectivity index (χ1n) is 7.20. The number of urea groups is 1. The molecule has 2 rings (SSSR count). The monoisotopic (exact) mass is 370 g/mol. The number of amides is 2. The molecule has 0 radical (unpaired) electrons. The van der Waals surface area contributed by atoms with Crippen molar-refractivity contribution in [2.45, 2.75) is 13.0 Å². The summed E-state index contributed by atoms with van der Waals surface area (Å²) in [6.07, 6.45) is 0. The van der Waals surface area contributed by atoms with Crippen LogP contribution < -0.4 is 9.50 Å². The summed E-state index contributed by atoms with van der Waals surface area (Å²) in [5.74, 6) is -0.642. The van der Waals surface area contributed by atoms with E-state index in [2.05, 4.69) is 9.50 Å². The van der Waals surface area contributed by atoms with E-state index in [4.69, 9.17) is 0 Å². The molecule has 0 spiro atoms. The van der Waals surface area contributed by atoms with E-state index >= 15 is 0 Å². The van der Waals surface area contributed by atoms with Crippen molar-refractivity contribution in [2.75, 3.05) is 12.4 Å². The molecule has 0 aliphatic carbocycles. The van der Waals surface area contributed by atoms with Gasteiger partial charge in [-0.2, -0.15) is 8.42 Å². The van der Waals surface area contributed by atoms with Gasteiger partial charge in [-0.05, 0) is 37.3 Å². The highest BCUT2D eigenvalue weighted by Crippen LogP contribution is 2.23. The second kappa shape index (κ2) is 7.47. The van der Waals surface area contributed by atoms with Crippen molar-refractivity contribution in [1.29, 1.82) is 0 Å². The lowest BCUT2D eigenvalue weighted by atomic mass is 10.1. The Balaban J connectivity index is 2.05. The minimum absolute atomic E-state index is 0.228. The highest BCUT2D eigenvalue weighted by Gasteiger charge is 2.20. The van der Waals surface area contributed by atoms with Gasteiger partial charge in [-0.15, -0.1) is 0 Å². The molecule has 0 bridgehead atoms. The van der Waals surface area contributed by atoms with Crippen LogP contribution in [0.2, 0.25) is 0 Å². The predicted molar refractivity (Wildman–Crippen MR) is 88.7 cm³/mol. The number of carbonyl (C=O) groups excluding carboxylic acids is 1. The van der Waals surface area contributed by atoms with Gasteiger partial charge in [-0.1, -0.05) is 22.1 Å². The first kappa shape index (κ1) is 18.7. The Morgan fingerprint density at radius 3 is 2.32 bits per heavy atom. The van der Waals surface area contributed by atoms with Crippen LogP contribution in [0.5, 0.6) is 5.75 Å². The van der Waals surface area contributed by atoms with Crippen LogP contribution in [0.1, 0.15) is 18.5 Å². The molecule has 0 aliphatic heterocycles. The van der Waals surface area contributed by atoms with Crippen LogP contribution in [-0.4, -0.2) is 26.4 Å². The summed E-state index contributed by atoms with van der Waals surface area (Å²) in [4.78, 5) is 13.6. The Hall–Kier alpha value is -2.68. The molecule has 2 amide bonds. The van der Waals surface area contributed by atoms with Crippen LogP contribution in [0, 0.1) is 5.82 Å². The van der Waals surface area contributed by atoms with Gasteiger partial charge in [-0.3, -0.25) is 0 Å². The molecule has 2 aromatic carbocycles. The van der Waals surface area contributed by atoms with E-state index in [9.17, 15) is 21.5 Å². The molecular formula is C16H16F2N2O4S. The normalized spacial score (nSPS) is 12.3. The maximum atomic E-state index is 13.8. The lowest BCUT2D eigenvalue weighted by Crippen LogP contribution is -2.34. The van der Waals surface area contributed by atoms with Gasteiger partial charge in [-0.25, -0.2) is 9.18 Å². The molecular weight excluding hydrogens is 354 g/mol. The fourth-order valence-electron chi connectivity index (χ4n) is 2.12. The Labute approximate surface area is 144 Å². The third kappa shape index (κ3) is 5.15. The summed E-state index contributed by atoms with van der Waals surface area (Å²) in [5, 5.41) is 2.57. The summed E-state index contributed by atoms with van der Waals surface area (Å²) in [7, 11) is -3.59. The van der Waals surface area contributed by atoms with Crippen molar-refractivity contribution in [3.8, 4) is 5.75 Å². The minimum atomic E-state index is -5.10. The van der Waals surface area contributed by atoms with Gasteiger partial charge in [0.1, 0.15) is 11.6 Å². The second-order valence-electron chi connectivity index (χ2n) is 5.24. The number of nitrogens with one attached hydrogen (secondary N) is 1. The fourth-order valence-corrected chi connectivity index (χ4v) is 2.46. The standard InChI is InChI=1S/C16H16F2N2O4S/c1-11(14-5-3-4-6-15(14)17)20(2)16(21)19-12-7-9-13(10-8-12)24-25(18,22)23/h3-11H,1-2H3,(H,19,21). The summed E-state index contributed by atoms with van der Waals surface area (Å²) >= 11 is 0. The van der Waals surface area contributed by atoms with Gasteiger partial charge in [0.25, 0.3) is 0 Å². The highest BCUT2D eigenvalue weighted by atomic mass is 32.3. The highest BCUT2D eigenvalue weighted by molar-refractivity contribution is 7.81. The number of anilines is 1. The van der Waals surface area contributed by atoms with Gasteiger partial charge in [0.05, 0.1) is 6.04 Å². The van der Waals surface area contributed by atoms with E-state index in [1.165, 1.54) is 42.3 Å². The van der Waals surface area contributed by atoms with Crippen molar-refractivity contribution in [1.82, 2.24) is 4.90 Å². The molecule has 134 valence electrons. The number of hydrogen-bond donors (Lipinski definition) is 1. The zero-order valence-corrected chi connectivity index (χ0v) is 14.3. The van der Waals surface area contributed by atoms with Crippen LogP contribution in [0.3, 0.4) is 0 Å². The number of halogens is 2. The SMILES string of the molecule is CC(c1ccccc1F)N(C)C(=O)Nc1ccc(OS(=O)(=O)F)cc1. The molecule has 1 N–H and O–H groups in total. The third-order valence-corrected chi connectivity index (χ3v) is 3.95. The van der Waals surface area contributed by atoms with E-state index in [-0.39, 0.29) is 5.75 Å². The Morgan fingerprint density at radius 1 is 1.16 bits per heavy atom. The van der Waals surface area contributed by atoms with Gasteiger partial charge in [0.15, 0.2) is 0 Å². The van der Waals surface area contributed by atoms with Crippen LogP contribution in [0.15, 0.2) is 48.5 Å². The summed E-state index contributed by atoms with van der Waals surface area (Å²) in [5.41, 5.74) is 0.707. The first-order chi connectivity index (χ1) is 11.7. The number of rotatable bonds is 5. The lowest BCUT2D eigenvalue weighted by molar-refractivity contribution is 0.207. The van der Waals surface area contributed by atoms with Gasteiger partial charge in [0.2, 0.25) is 0 Å². The van der Waals surface area contributed by atoms with Crippen LogP contribution in [-0.2, 0) is 10.5 Å². The molecule has 2 aromatic rings. The number of nitrogens with zero attached hydrogens (tertiary/aromatic N) is 1. The van der Waals surface area contributed by atoms with Crippen molar-refractivity contribution < 1.29 is 25.7 Å². The van der Waals surface area contributed by atoms with Gasteiger partial charge >= 0.3 is 16.5 Å². The van der Waals surface area contributed by atoms with E-state index in [0.717, 1.165) is 0 Å². The molecule has 0 aromatic heterocycles. The van der Waals surface area contributed by atoms with E-state index in [1.54, 1.807) is 25.1 Å². The maximum Gasteiger partial charge on any atom is 0.488 e. The number of hydrogen-bond acceptors (Lipinski definition) is 4. The average Bonchev–Trinajstić information content (AvgIpc) is 2.54. The zero-order chi connectivity index (χ0) is 18.6. The second-order valence-corrected chi connectivity index (χ2v) is 6.19. The van der Waals surface area contributed by atoms with Crippen molar-refractivity contribution in [3.05, 3.63) is 59.9 Å². The Bertz CT molecular complexity index is 857. The van der Waals surface area contributed by atoms with Gasteiger partial charge in [0, 0.05) is 18.3 Å². The molecule has 1 unspecified atom stereocenters. The molecule has 0 aliphatic rings. The van der Waals surface area contributed by atoms with Crippen LogP contribution in [0.25, 0.3) is 0 Å². The third-order valence-electron chi connectivity index (χ3n) is 3.56. The van der Waals surface area contributed by atoms with E-state index in [1.807, 2.05) is 0 Å². The van der Waals surface area contributed by atoms with Crippen molar-refractivity contribution in [3.63, 3.8) is 0 Å². The molecule has 1 atom stereocenters. The largest absolute Gasteiger partial charge is 0.488 e. The van der Waals surface area contributed by atoms with E-state index < -0.39 is 28.4 Å². The van der Waals surface area contributed by atoms with Crippen LogP contribution >= 0.6 is 0 Å². The smallest absolute Gasteiger partial charge is 0.358 e. The molecule has 25 heavy (non-hydrogen) atoms. The predicted octanol–water partition coefficient (Wildman–Crippen LogP) is 3.64. The van der Waals surface area contributed by atoms with Gasteiger partial charge < -0.3 is 14.4 Å². The molecule has 9 heteroatoms. The number of carbonyl (C=O) groups is 1. The lowest BCUT2D eigenvalue weighted by Gasteiger charge is -2.26. The van der Waals surface area contributed by atoms with Crippen molar-refractivity contribution >= 4 is 22.2 Å². The average molecular weight is 370 g/mol. The fraction of sp³-hybridized carbons (Fsp3) is 0.188. The zero-order valence-electron chi connectivity index (χ0n) is 13.4. The summed E-state index contributed by atoms with van der Waals surface area (Å²) in [6, 6.07) is 10.2. The molecule has 0 heterocycles. The summed E-state index contributed by atoms with van der Waals surface area (Å²) in [6.45, 7) is 1.68. The Morgan fingerprint density at radius 2 is 1.76 bits per heavy atom. The summed E-state index contributed by atoms with van der Waals surface area (Å²) < 4.78 is 51.1. The molecule has 0 fully saturated rings. The molecule has 0 saturated carbocycles. The minimum Gasteiger partial charge on any atom is -0.358 e. The Kier molecular flexibility index (Phi) is 5.58. The molecule has 0 saturated heterocycles. The molecule has 6 nitrogen and oxygen atoms in total. The quantitative estimate of drug-likeness (QED) is 0.816. The number of benzene rings is 2. The van der Waals surface area contributed by atoms with E-state index in [0.29, 0.717) is 11.3 Å².